The molecule has 0 aromatic heterocycles. The molecule has 2 heterocycles. The number of carbonyl (C=O) groups excluding carboxylic acids is 1. The van der Waals surface area contributed by atoms with Crippen LogP contribution in [0.5, 0.6) is 5.75 Å². The maximum absolute atomic E-state index is 13.2. The monoisotopic (exact) mass is 352 g/mol. The number of piperidine rings is 2. The fourth-order valence-corrected chi connectivity index (χ4v) is 3.53. The van der Waals surface area contributed by atoms with Crippen LogP contribution in [0.3, 0.4) is 0 Å². The first kappa shape index (κ1) is 18.1. The molecule has 0 N–H and O–H groups in total. The topological polar surface area (TPSA) is 32.8 Å². The number of ether oxygens (including phenoxy) is 1. The van der Waals surface area contributed by atoms with Crippen LogP contribution in [-0.4, -0.2) is 61.0 Å². The lowest BCUT2D eigenvalue weighted by molar-refractivity contribution is -0.143. The molecule has 2 aliphatic heterocycles. The van der Waals surface area contributed by atoms with Crippen LogP contribution >= 0.6 is 0 Å². The summed E-state index contributed by atoms with van der Waals surface area (Å²) in [6.45, 7) is 3.57. The molecule has 2 fully saturated rings. The molecule has 0 aliphatic carbocycles. The van der Waals surface area contributed by atoms with E-state index in [2.05, 4.69) is 4.90 Å². The zero-order chi connectivity index (χ0) is 17.7. The standard InChI is InChI=1S/C19H26F2N2O2/c20-19(21)8-12-23(13-9-19)18(24)16-6-10-22(11-7-16)14-15-25-17-4-2-1-3-5-17/h1-5,16H,6-15H2. The van der Waals surface area contributed by atoms with Gasteiger partial charge in [0.25, 0.3) is 5.92 Å². The van der Waals surface area contributed by atoms with E-state index in [9.17, 15) is 13.6 Å². The largest absolute Gasteiger partial charge is 0.492 e. The highest BCUT2D eigenvalue weighted by Crippen LogP contribution is 2.29. The Hall–Kier alpha value is -1.69. The zero-order valence-corrected chi connectivity index (χ0v) is 14.5. The molecule has 1 amide bonds. The second-order valence-electron chi connectivity index (χ2n) is 6.96. The summed E-state index contributed by atoms with van der Waals surface area (Å²) in [5.74, 6) is -1.68. The Kier molecular flexibility index (Phi) is 5.89. The molecule has 0 radical (unpaired) electrons. The van der Waals surface area contributed by atoms with E-state index in [0.717, 1.165) is 38.2 Å². The van der Waals surface area contributed by atoms with Gasteiger partial charge in [-0.1, -0.05) is 18.2 Å². The van der Waals surface area contributed by atoms with Gasteiger partial charge in [0.05, 0.1) is 0 Å². The Morgan fingerprint density at radius 1 is 1.08 bits per heavy atom. The third-order valence-electron chi connectivity index (χ3n) is 5.16. The molecule has 0 bridgehead atoms. The van der Waals surface area contributed by atoms with Crippen molar-refractivity contribution in [2.75, 3.05) is 39.3 Å². The first-order chi connectivity index (χ1) is 12.0. The van der Waals surface area contributed by atoms with Gasteiger partial charge in [0, 0.05) is 38.4 Å². The van der Waals surface area contributed by atoms with Crippen LogP contribution < -0.4 is 4.74 Å². The van der Waals surface area contributed by atoms with E-state index in [1.54, 1.807) is 4.90 Å². The summed E-state index contributed by atoms with van der Waals surface area (Å²) in [4.78, 5) is 16.4. The summed E-state index contributed by atoms with van der Waals surface area (Å²) in [5, 5.41) is 0. The van der Waals surface area contributed by atoms with Crippen molar-refractivity contribution in [2.45, 2.75) is 31.6 Å². The van der Waals surface area contributed by atoms with Gasteiger partial charge in [-0.15, -0.1) is 0 Å². The Morgan fingerprint density at radius 3 is 2.36 bits per heavy atom. The van der Waals surface area contributed by atoms with Crippen molar-refractivity contribution in [2.24, 2.45) is 5.92 Å². The molecule has 6 heteroatoms. The van der Waals surface area contributed by atoms with Crippen molar-refractivity contribution in [1.82, 2.24) is 9.80 Å². The van der Waals surface area contributed by atoms with E-state index in [0.29, 0.717) is 6.61 Å². The molecule has 4 nitrogen and oxygen atoms in total. The normalized spacial score (nSPS) is 21.9. The molecule has 2 aliphatic rings. The van der Waals surface area contributed by atoms with Gasteiger partial charge in [-0.2, -0.15) is 0 Å². The second kappa shape index (κ2) is 8.13. The number of halogens is 2. The average molecular weight is 352 g/mol. The van der Waals surface area contributed by atoms with E-state index in [1.165, 1.54) is 0 Å². The lowest BCUT2D eigenvalue weighted by Gasteiger charge is -2.37. The number of likely N-dealkylation sites (tertiary alicyclic amines) is 2. The molecule has 25 heavy (non-hydrogen) atoms. The number of nitrogens with zero attached hydrogens (tertiary/aromatic N) is 2. The Labute approximate surface area is 147 Å². The minimum absolute atomic E-state index is 0.0157. The summed E-state index contributed by atoms with van der Waals surface area (Å²) < 4.78 is 32.1. The van der Waals surface area contributed by atoms with Crippen LogP contribution in [0.15, 0.2) is 30.3 Å². The Morgan fingerprint density at radius 2 is 1.72 bits per heavy atom. The van der Waals surface area contributed by atoms with Gasteiger partial charge in [-0.25, -0.2) is 8.78 Å². The molecular weight excluding hydrogens is 326 g/mol. The van der Waals surface area contributed by atoms with Gasteiger partial charge < -0.3 is 9.64 Å². The SMILES string of the molecule is O=C(C1CCN(CCOc2ccccc2)CC1)N1CCC(F)(F)CC1. The summed E-state index contributed by atoms with van der Waals surface area (Å²) >= 11 is 0. The molecule has 1 aromatic rings. The number of amides is 1. The van der Waals surface area contributed by atoms with Crippen LogP contribution in [0.25, 0.3) is 0 Å². The van der Waals surface area contributed by atoms with Gasteiger partial charge in [0.1, 0.15) is 12.4 Å². The number of hydrogen-bond donors (Lipinski definition) is 0. The first-order valence-electron chi connectivity index (χ1n) is 9.10. The van der Waals surface area contributed by atoms with Crippen LogP contribution in [0.2, 0.25) is 0 Å². The molecule has 1 aromatic carbocycles. The molecule has 138 valence electrons. The maximum Gasteiger partial charge on any atom is 0.251 e. The van der Waals surface area contributed by atoms with E-state index in [4.69, 9.17) is 4.74 Å². The molecule has 0 spiro atoms. The molecule has 0 saturated carbocycles. The van der Waals surface area contributed by atoms with Gasteiger partial charge in [0.15, 0.2) is 0 Å². The van der Waals surface area contributed by atoms with Crippen LogP contribution in [0.4, 0.5) is 8.78 Å². The molecule has 0 atom stereocenters. The first-order valence-corrected chi connectivity index (χ1v) is 9.10. The zero-order valence-electron chi connectivity index (χ0n) is 14.5. The Balaban J connectivity index is 1.36. The minimum Gasteiger partial charge on any atom is -0.492 e. The second-order valence-corrected chi connectivity index (χ2v) is 6.96. The van der Waals surface area contributed by atoms with Crippen LogP contribution in [0, 0.1) is 5.92 Å². The van der Waals surface area contributed by atoms with Crippen LogP contribution in [-0.2, 0) is 4.79 Å². The number of carbonyl (C=O) groups is 1. The van der Waals surface area contributed by atoms with Crippen molar-refractivity contribution in [3.63, 3.8) is 0 Å². The summed E-state index contributed by atoms with van der Waals surface area (Å²) in [5.41, 5.74) is 0. The highest BCUT2D eigenvalue weighted by atomic mass is 19.3. The number of rotatable bonds is 5. The highest BCUT2D eigenvalue weighted by molar-refractivity contribution is 5.79. The van der Waals surface area contributed by atoms with Crippen molar-refractivity contribution in [3.8, 4) is 5.75 Å². The van der Waals surface area contributed by atoms with E-state index >= 15 is 0 Å². The smallest absolute Gasteiger partial charge is 0.251 e. The molecule has 0 unspecified atom stereocenters. The van der Waals surface area contributed by atoms with E-state index < -0.39 is 5.92 Å². The number of benzene rings is 1. The lowest BCUT2D eigenvalue weighted by atomic mass is 9.94. The predicted molar refractivity (Wildman–Crippen MR) is 91.9 cm³/mol. The van der Waals surface area contributed by atoms with Gasteiger partial charge >= 0.3 is 0 Å². The summed E-state index contributed by atoms with van der Waals surface area (Å²) in [6.07, 6.45) is 1.21. The van der Waals surface area contributed by atoms with Crippen molar-refractivity contribution < 1.29 is 18.3 Å². The number of hydrogen-bond acceptors (Lipinski definition) is 3. The number of para-hydroxylation sites is 1. The Bertz CT molecular complexity index is 550. The maximum atomic E-state index is 13.2. The van der Waals surface area contributed by atoms with Crippen molar-refractivity contribution in [1.29, 1.82) is 0 Å². The van der Waals surface area contributed by atoms with E-state index in [-0.39, 0.29) is 37.8 Å². The van der Waals surface area contributed by atoms with Gasteiger partial charge in [0.2, 0.25) is 5.91 Å². The quantitative estimate of drug-likeness (QED) is 0.817. The third kappa shape index (κ3) is 5.14. The van der Waals surface area contributed by atoms with Gasteiger partial charge in [-0.05, 0) is 38.1 Å². The molecule has 2 saturated heterocycles. The van der Waals surface area contributed by atoms with Crippen molar-refractivity contribution >= 4 is 5.91 Å². The van der Waals surface area contributed by atoms with Crippen LogP contribution in [0.1, 0.15) is 25.7 Å². The molecule has 3 rings (SSSR count). The molecular formula is C19H26F2N2O2. The average Bonchev–Trinajstić information content (AvgIpc) is 2.63. The highest BCUT2D eigenvalue weighted by Gasteiger charge is 2.37. The van der Waals surface area contributed by atoms with E-state index in [1.807, 2.05) is 30.3 Å². The minimum atomic E-state index is -2.60. The fourth-order valence-electron chi connectivity index (χ4n) is 3.53. The van der Waals surface area contributed by atoms with Gasteiger partial charge in [-0.3, -0.25) is 9.69 Å². The summed E-state index contributed by atoms with van der Waals surface area (Å²) in [7, 11) is 0. The number of alkyl halides is 2. The fraction of sp³-hybridized carbons (Fsp3) is 0.632. The third-order valence-corrected chi connectivity index (χ3v) is 5.16. The lowest BCUT2D eigenvalue weighted by Crippen LogP contribution is -2.47. The van der Waals surface area contributed by atoms with Crippen molar-refractivity contribution in [3.05, 3.63) is 30.3 Å². The predicted octanol–water partition coefficient (Wildman–Crippen LogP) is 3.04. The summed E-state index contributed by atoms with van der Waals surface area (Å²) in [6, 6.07) is 9.73.